The van der Waals surface area contributed by atoms with Gasteiger partial charge in [0, 0.05) is 0 Å². The quantitative estimate of drug-likeness (QED) is 0.765. The number of rotatable bonds is 3. The highest BCUT2D eigenvalue weighted by Gasteiger charge is 2.17. The summed E-state index contributed by atoms with van der Waals surface area (Å²) in [5.74, 6) is 0. The number of benzene rings is 2. The zero-order valence-corrected chi connectivity index (χ0v) is 14.8. The number of nitrogens with zero attached hydrogens (tertiary/aromatic N) is 1. The van der Waals surface area contributed by atoms with E-state index in [0.29, 0.717) is 5.69 Å². The van der Waals surface area contributed by atoms with E-state index in [2.05, 4.69) is 30.5 Å². The fourth-order valence-electron chi connectivity index (χ4n) is 2.27. The van der Waals surface area contributed by atoms with Gasteiger partial charge in [-0.3, -0.25) is 4.72 Å². The largest absolute Gasteiger partial charge is 0.280 e. The highest BCUT2D eigenvalue weighted by atomic mass is 32.2. The van der Waals surface area contributed by atoms with Gasteiger partial charge in [-0.2, -0.15) is 0 Å². The molecule has 23 heavy (non-hydrogen) atoms. The molecule has 0 saturated heterocycles. The first-order valence-electron chi connectivity index (χ1n) is 7.22. The van der Waals surface area contributed by atoms with Crippen LogP contribution in [0.4, 0.5) is 5.69 Å². The molecule has 0 radical (unpaired) electrons. The average Bonchev–Trinajstić information content (AvgIpc) is 2.93. The SMILES string of the molecule is CC(C)(C)c1ccc(S(=O)(=O)Nc2ccc3ncsc3c2)cc1. The zero-order valence-electron chi connectivity index (χ0n) is 13.2. The lowest BCUT2D eigenvalue weighted by molar-refractivity contribution is 0.587. The first-order chi connectivity index (χ1) is 10.8. The Bertz CT molecular complexity index is 937. The number of nitrogens with one attached hydrogen (secondary N) is 1. The Morgan fingerprint density at radius 2 is 1.74 bits per heavy atom. The molecule has 0 aliphatic rings. The predicted octanol–water partition coefficient (Wildman–Crippen LogP) is 4.39. The van der Waals surface area contributed by atoms with Crippen molar-refractivity contribution in [1.29, 1.82) is 0 Å². The summed E-state index contributed by atoms with van der Waals surface area (Å²) in [5.41, 5.74) is 4.25. The molecule has 6 heteroatoms. The van der Waals surface area contributed by atoms with E-state index in [9.17, 15) is 8.42 Å². The molecule has 2 aromatic carbocycles. The summed E-state index contributed by atoms with van der Waals surface area (Å²) in [6.07, 6.45) is 0. The predicted molar refractivity (Wildman–Crippen MR) is 95.6 cm³/mol. The lowest BCUT2D eigenvalue weighted by Gasteiger charge is -2.19. The van der Waals surface area contributed by atoms with Crippen molar-refractivity contribution in [3.63, 3.8) is 0 Å². The Balaban J connectivity index is 1.88. The van der Waals surface area contributed by atoms with Gasteiger partial charge in [-0.25, -0.2) is 13.4 Å². The molecule has 3 aromatic rings. The van der Waals surface area contributed by atoms with E-state index >= 15 is 0 Å². The van der Waals surface area contributed by atoms with Crippen LogP contribution in [0.5, 0.6) is 0 Å². The third kappa shape index (κ3) is 3.38. The van der Waals surface area contributed by atoms with Crippen molar-refractivity contribution in [1.82, 2.24) is 4.98 Å². The standard InChI is InChI=1S/C17H18N2O2S2/c1-17(2,3)12-4-7-14(8-5-12)23(20,21)19-13-6-9-15-16(10-13)22-11-18-15/h4-11,19H,1-3H3. The third-order valence-corrected chi connectivity index (χ3v) is 5.80. The highest BCUT2D eigenvalue weighted by Crippen LogP contribution is 2.26. The van der Waals surface area contributed by atoms with Crippen LogP contribution < -0.4 is 4.72 Å². The zero-order chi connectivity index (χ0) is 16.7. The Labute approximate surface area is 140 Å². The molecule has 0 unspecified atom stereocenters. The topological polar surface area (TPSA) is 59.1 Å². The molecule has 3 rings (SSSR count). The first-order valence-corrected chi connectivity index (χ1v) is 9.59. The number of anilines is 1. The number of fused-ring (bicyclic) bond motifs is 1. The van der Waals surface area contributed by atoms with Crippen molar-refractivity contribution < 1.29 is 8.42 Å². The minimum atomic E-state index is -3.59. The Kier molecular flexibility index (Phi) is 3.90. The van der Waals surface area contributed by atoms with Crippen molar-refractivity contribution in [3.8, 4) is 0 Å². The number of hydrogen-bond donors (Lipinski definition) is 1. The molecule has 0 spiro atoms. The number of thiazole rings is 1. The van der Waals surface area contributed by atoms with Crippen LogP contribution in [0, 0.1) is 0 Å². The molecule has 1 N–H and O–H groups in total. The minimum absolute atomic E-state index is 0.00702. The summed E-state index contributed by atoms with van der Waals surface area (Å²) >= 11 is 1.48. The van der Waals surface area contributed by atoms with Gasteiger partial charge in [0.1, 0.15) is 0 Å². The summed E-state index contributed by atoms with van der Waals surface area (Å²) in [6.45, 7) is 6.29. The lowest BCUT2D eigenvalue weighted by atomic mass is 9.87. The van der Waals surface area contributed by atoms with Crippen LogP contribution in [-0.2, 0) is 15.4 Å². The van der Waals surface area contributed by atoms with Crippen LogP contribution >= 0.6 is 11.3 Å². The normalized spacial score (nSPS) is 12.5. The van der Waals surface area contributed by atoms with Crippen LogP contribution in [0.25, 0.3) is 10.2 Å². The Morgan fingerprint density at radius 3 is 2.39 bits per heavy atom. The van der Waals surface area contributed by atoms with Gasteiger partial charge in [0.15, 0.2) is 0 Å². The molecule has 1 heterocycles. The maximum atomic E-state index is 12.5. The van der Waals surface area contributed by atoms with Crippen LogP contribution in [0.1, 0.15) is 26.3 Å². The molecule has 0 atom stereocenters. The van der Waals surface area contributed by atoms with E-state index in [-0.39, 0.29) is 10.3 Å². The second kappa shape index (κ2) is 5.62. The molecular weight excluding hydrogens is 328 g/mol. The fourth-order valence-corrected chi connectivity index (χ4v) is 4.03. The maximum Gasteiger partial charge on any atom is 0.261 e. The smallest absolute Gasteiger partial charge is 0.261 e. The van der Waals surface area contributed by atoms with Crippen LogP contribution in [-0.4, -0.2) is 13.4 Å². The van der Waals surface area contributed by atoms with Crippen LogP contribution in [0.2, 0.25) is 0 Å². The first kappa shape index (κ1) is 16.0. The van der Waals surface area contributed by atoms with Crippen molar-refractivity contribution in [2.75, 3.05) is 4.72 Å². The number of aromatic nitrogens is 1. The molecule has 0 aliphatic carbocycles. The van der Waals surface area contributed by atoms with Gasteiger partial charge in [-0.15, -0.1) is 11.3 Å². The second-order valence-electron chi connectivity index (χ2n) is 6.41. The van der Waals surface area contributed by atoms with Crippen molar-refractivity contribution in [3.05, 3.63) is 53.5 Å². The molecule has 0 amide bonds. The van der Waals surface area contributed by atoms with E-state index in [1.807, 2.05) is 18.2 Å². The Morgan fingerprint density at radius 1 is 1.04 bits per heavy atom. The molecule has 1 aromatic heterocycles. The summed E-state index contributed by atoms with van der Waals surface area (Å²) in [6, 6.07) is 12.4. The molecule has 0 saturated carbocycles. The third-order valence-electron chi connectivity index (χ3n) is 3.61. The number of hydrogen-bond acceptors (Lipinski definition) is 4. The molecule has 0 aliphatic heterocycles. The van der Waals surface area contributed by atoms with Gasteiger partial charge < -0.3 is 0 Å². The number of sulfonamides is 1. The van der Waals surface area contributed by atoms with E-state index in [1.54, 1.807) is 29.8 Å². The van der Waals surface area contributed by atoms with Crippen molar-refractivity contribution in [2.45, 2.75) is 31.1 Å². The summed E-state index contributed by atoms with van der Waals surface area (Å²) in [4.78, 5) is 4.45. The van der Waals surface area contributed by atoms with E-state index in [1.165, 1.54) is 11.3 Å². The van der Waals surface area contributed by atoms with E-state index in [4.69, 9.17) is 0 Å². The minimum Gasteiger partial charge on any atom is -0.280 e. The fraction of sp³-hybridized carbons (Fsp3) is 0.235. The van der Waals surface area contributed by atoms with E-state index < -0.39 is 10.0 Å². The molecule has 0 bridgehead atoms. The summed E-state index contributed by atoms with van der Waals surface area (Å²) < 4.78 is 28.6. The van der Waals surface area contributed by atoms with Crippen LogP contribution in [0.3, 0.4) is 0 Å². The van der Waals surface area contributed by atoms with Gasteiger partial charge in [-0.1, -0.05) is 32.9 Å². The highest BCUT2D eigenvalue weighted by molar-refractivity contribution is 7.92. The summed E-state index contributed by atoms with van der Waals surface area (Å²) in [5, 5.41) is 0. The average molecular weight is 346 g/mol. The van der Waals surface area contributed by atoms with Crippen molar-refractivity contribution >= 4 is 37.3 Å². The van der Waals surface area contributed by atoms with Gasteiger partial charge in [-0.05, 0) is 41.3 Å². The lowest BCUT2D eigenvalue weighted by Crippen LogP contribution is -2.14. The monoisotopic (exact) mass is 346 g/mol. The van der Waals surface area contributed by atoms with Gasteiger partial charge >= 0.3 is 0 Å². The second-order valence-corrected chi connectivity index (χ2v) is 8.98. The van der Waals surface area contributed by atoms with Crippen molar-refractivity contribution in [2.24, 2.45) is 0 Å². The van der Waals surface area contributed by atoms with Gasteiger partial charge in [0.2, 0.25) is 0 Å². The molecule has 4 nitrogen and oxygen atoms in total. The molecule has 120 valence electrons. The van der Waals surface area contributed by atoms with Gasteiger partial charge in [0.05, 0.1) is 26.3 Å². The van der Waals surface area contributed by atoms with E-state index in [0.717, 1.165) is 15.8 Å². The molecule has 0 fully saturated rings. The van der Waals surface area contributed by atoms with Crippen LogP contribution in [0.15, 0.2) is 52.9 Å². The maximum absolute atomic E-state index is 12.5. The Hall–Kier alpha value is -1.92. The molecular formula is C17H18N2O2S2. The van der Waals surface area contributed by atoms with Gasteiger partial charge in [0.25, 0.3) is 10.0 Å². The summed E-state index contributed by atoms with van der Waals surface area (Å²) in [7, 11) is -3.59.